The number of nitrogens with one attached hydrogen (secondary N) is 1. The zero-order chi connectivity index (χ0) is 11.3. The maximum atomic E-state index is 11.1. The van der Waals surface area contributed by atoms with Crippen molar-refractivity contribution in [2.45, 2.75) is 25.1 Å². The topological polar surface area (TPSA) is 29.1 Å². The lowest BCUT2D eigenvalue weighted by Gasteiger charge is -2.08. The Morgan fingerprint density at radius 2 is 2.40 bits per heavy atom. The van der Waals surface area contributed by atoms with Crippen LogP contribution in [0.4, 0.5) is 0 Å². The Kier molecular flexibility index (Phi) is 6.04. The third-order valence-electron chi connectivity index (χ3n) is 2.25. The van der Waals surface area contributed by atoms with Crippen molar-refractivity contribution < 1.29 is 4.21 Å². The van der Waals surface area contributed by atoms with Gasteiger partial charge in [0.05, 0.1) is 3.79 Å². The van der Waals surface area contributed by atoms with Gasteiger partial charge in [0.15, 0.2) is 0 Å². The van der Waals surface area contributed by atoms with Crippen LogP contribution >= 0.6 is 27.3 Å². The average molecular weight is 310 g/mol. The minimum Gasteiger partial charge on any atom is -0.313 e. The molecule has 0 aliphatic rings. The summed E-state index contributed by atoms with van der Waals surface area (Å²) in [5.41, 5.74) is 1.30. The van der Waals surface area contributed by atoms with Crippen molar-refractivity contribution in [2.75, 3.05) is 12.8 Å². The first-order valence-electron chi connectivity index (χ1n) is 4.85. The molecule has 0 amide bonds. The average Bonchev–Trinajstić information content (AvgIpc) is 2.58. The van der Waals surface area contributed by atoms with Crippen molar-refractivity contribution in [3.63, 3.8) is 0 Å². The van der Waals surface area contributed by atoms with E-state index in [4.69, 9.17) is 0 Å². The summed E-state index contributed by atoms with van der Waals surface area (Å²) in [6.45, 7) is 3.85. The highest BCUT2D eigenvalue weighted by Gasteiger charge is 2.04. The van der Waals surface area contributed by atoms with Crippen LogP contribution in [0.2, 0.25) is 0 Å². The summed E-state index contributed by atoms with van der Waals surface area (Å²) < 4.78 is 12.3. The van der Waals surface area contributed by atoms with Crippen molar-refractivity contribution in [3.8, 4) is 0 Å². The zero-order valence-electron chi connectivity index (χ0n) is 8.96. The number of hydrogen-bond donors (Lipinski definition) is 1. The van der Waals surface area contributed by atoms with Gasteiger partial charge in [0.2, 0.25) is 0 Å². The van der Waals surface area contributed by atoms with Crippen LogP contribution in [0.15, 0.2) is 15.2 Å². The smallest absolute Gasteiger partial charge is 0.0701 e. The Morgan fingerprint density at radius 1 is 1.67 bits per heavy atom. The highest BCUT2D eigenvalue weighted by atomic mass is 79.9. The van der Waals surface area contributed by atoms with Gasteiger partial charge < -0.3 is 5.32 Å². The van der Waals surface area contributed by atoms with Gasteiger partial charge in [0, 0.05) is 28.9 Å². The van der Waals surface area contributed by atoms with Crippen LogP contribution in [-0.4, -0.2) is 22.3 Å². The quantitative estimate of drug-likeness (QED) is 0.819. The fourth-order valence-corrected chi connectivity index (χ4v) is 2.80. The van der Waals surface area contributed by atoms with Crippen LogP contribution in [0, 0.1) is 0 Å². The summed E-state index contributed by atoms with van der Waals surface area (Å²) in [6, 6.07) is 2.12. The van der Waals surface area contributed by atoms with E-state index in [1.54, 1.807) is 17.6 Å². The lowest BCUT2D eigenvalue weighted by molar-refractivity contribution is 0.629. The highest BCUT2D eigenvalue weighted by molar-refractivity contribution is 9.11. The van der Waals surface area contributed by atoms with E-state index in [1.165, 1.54) is 9.35 Å². The third-order valence-corrected chi connectivity index (χ3v) is 5.17. The molecular formula is C10H16BrNOS2. The first kappa shape index (κ1) is 13.4. The summed E-state index contributed by atoms with van der Waals surface area (Å²) >= 11 is 5.14. The normalized spacial score (nSPS) is 15.1. The number of halogens is 1. The zero-order valence-corrected chi connectivity index (χ0v) is 12.2. The van der Waals surface area contributed by atoms with Gasteiger partial charge in [-0.25, -0.2) is 0 Å². The van der Waals surface area contributed by atoms with Crippen molar-refractivity contribution in [2.24, 2.45) is 0 Å². The molecule has 1 aromatic heterocycles. The van der Waals surface area contributed by atoms with Crippen LogP contribution in [0.5, 0.6) is 0 Å². The van der Waals surface area contributed by atoms with E-state index < -0.39 is 10.8 Å². The molecule has 2 atom stereocenters. The van der Waals surface area contributed by atoms with E-state index in [0.717, 1.165) is 19.5 Å². The molecule has 1 aromatic rings. The molecule has 0 saturated carbocycles. The van der Waals surface area contributed by atoms with Gasteiger partial charge >= 0.3 is 0 Å². The molecule has 0 aliphatic carbocycles. The van der Waals surface area contributed by atoms with Crippen LogP contribution in [0.1, 0.15) is 18.9 Å². The Labute approximate surface area is 106 Å². The molecule has 0 spiro atoms. The minimum atomic E-state index is -0.700. The molecule has 2 unspecified atom stereocenters. The summed E-state index contributed by atoms with van der Waals surface area (Å²) in [7, 11) is -0.700. The van der Waals surface area contributed by atoms with Crippen LogP contribution < -0.4 is 5.32 Å². The second-order valence-electron chi connectivity index (χ2n) is 3.53. The van der Waals surface area contributed by atoms with Crippen molar-refractivity contribution in [1.29, 1.82) is 0 Å². The molecule has 86 valence electrons. The predicted molar refractivity (Wildman–Crippen MR) is 71.9 cm³/mol. The van der Waals surface area contributed by atoms with Crippen LogP contribution in [-0.2, 0) is 17.3 Å². The predicted octanol–water partition coefficient (Wildman–Crippen LogP) is 2.76. The molecular weight excluding hydrogens is 294 g/mol. The van der Waals surface area contributed by atoms with E-state index in [2.05, 4.69) is 32.7 Å². The number of thiophene rings is 1. The van der Waals surface area contributed by atoms with E-state index >= 15 is 0 Å². The molecule has 1 rings (SSSR count). The minimum absolute atomic E-state index is 0.284. The molecule has 2 nitrogen and oxygen atoms in total. The van der Waals surface area contributed by atoms with Gasteiger partial charge in [-0.2, -0.15) is 0 Å². The van der Waals surface area contributed by atoms with E-state index in [0.29, 0.717) is 0 Å². The maximum Gasteiger partial charge on any atom is 0.0701 e. The molecule has 0 bridgehead atoms. The molecule has 0 aliphatic heterocycles. The highest BCUT2D eigenvalue weighted by Crippen LogP contribution is 2.20. The van der Waals surface area contributed by atoms with Gasteiger partial charge in [-0.3, -0.25) is 4.21 Å². The van der Waals surface area contributed by atoms with Gasteiger partial charge in [0.1, 0.15) is 0 Å². The van der Waals surface area contributed by atoms with Crippen LogP contribution in [0.3, 0.4) is 0 Å². The van der Waals surface area contributed by atoms with E-state index in [1.807, 2.05) is 6.92 Å². The van der Waals surface area contributed by atoms with Crippen LogP contribution in [0.25, 0.3) is 0 Å². The number of rotatable bonds is 6. The molecule has 15 heavy (non-hydrogen) atoms. The Morgan fingerprint density at radius 3 is 2.93 bits per heavy atom. The molecule has 0 aromatic carbocycles. The SMILES string of the molecule is CC(CCNCc1csc(Br)c1)S(C)=O. The molecule has 0 fully saturated rings. The largest absolute Gasteiger partial charge is 0.313 e. The fourth-order valence-electron chi connectivity index (χ4n) is 1.14. The second-order valence-corrected chi connectivity index (χ2v) is 7.63. The summed E-state index contributed by atoms with van der Waals surface area (Å²) in [6.07, 6.45) is 2.73. The molecule has 0 saturated heterocycles. The molecule has 1 heterocycles. The van der Waals surface area contributed by atoms with Gasteiger partial charge in [-0.15, -0.1) is 11.3 Å². The lowest BCUT2D eigenvalue weighted by atomic mass is 10.3. The van der Waals surface area contributed by atoms with Gasteiger partial charge in [-0.05, 0) is 45.9 Å². The molecule has 0 radical (unpaired) electrons. The summed E-state index contributed by atoms with van der Waals surface area (Å²) in [4.78, 5) is 0. The third kappa shape index (κ3) is 5.24. The van der Waals surface area contributed by atoms with Crippen molar-refractivity contribution in [3.05, 3.63) is 20.8 Å². The summed E-state index contributed by atoms with van der Waals surface area (Å²) in [5, 5.41) is 5.77. The monoisotopic (exact) mass is 309 g/mol. The van der Waals surface area contributed by atoms with Crippen molar-refractivity contribution >= 4 is 38.1 Å². The standard InChI is InChI=1S/C10H16BrNOS2/c1-8(15(2)13)3-4-12-6-9-5-10(11)14-7-9/h5,7-8,12H,3-4,6H2,1-2H3. The maximum absolute atomic E-state index is 11.1. The molecule has 5 heteroatoms. The van der Waals surface area contributed by atoms with E-state index in [9.17, 15) is 4.21 Å². The lowest BCUT2D eigenvalue weighted by Crippen LogP contribution is -2.20. The summed E-state index contributed by atoms with van der Waals surface area (Å²) in [5.74, 6) is 0. The van der Waals surface area contributed by atoms with E-state index in [-0.39, 0.29) is 5.25 Å². The second kappa shape index (κ2) is 6.78. The molecule has 1 N–H and O–H groups in total. The Bertz CT molecular complexity index is 327. The number of hydrogen-bond acceptors (Lipinski definition) is 3. The van der Waals surface area contributed by atoms with Gasteiger partial charge in [0.25, 0.3) is 0 Å². The first-order chi connectivity index (χ1) is 7.09. The first-order valence-corrected chi connectivity index (χ1v) is 8.15. The Hall–Kier alpha value is 0.290. The van der Waals surface area contributed by atoms with Crippen molar-refractivity contribution in [1.82, 2.24) is 5.32 Å². The fraction of sp³-hybridized carbons (Fsp3) is 0.600. The Balaban J connectivity index is 2.14. The van der Waals surface area contributed by atoms with Gasteiger partial charge in [-0.1, -0.05) is 6.92 Å².